The van der Waals surface area contributed by atoms with E-state index in [-0.39, 0.29) is 5.92 Å². The molecule has 0 amide bonds. The van der Waals surface area contributed by atoms with E-state index in [4.69, 9.17) is 11.2 Å². The Hall–Kier alpha value is -1.98. The van der Waals surface area contributed by atoms with E-state index in [0.29, 0.717) is 0 Å². The van der Waals surface area contributed by atoms with Crippen LogP contribution in [-0.2, 0) is 0 Å². The first-order valence-corrected chi connectivity index (χ1v) is 6.81. The van der Waals surface area contributed by atoms with Gasteiger partial charge in [0.25, 0.3) is 0 Å². The highest BCUT2D eigenvalue weighted by atomic mass is 16.5. The van der Waals surface area contributed by atoms with E-state index in [2.05, 4.69) is 12.0 Å². The van der Waals surface area contributed by atoms with Gasteiger partial charge in [0, 0.05) is 11.5 Å². The summed E-state index contributed by atoms with van der Waals surface area (Å²) in [6.45, 7) is 3.71. The number of rotatable bonds is 4. The van der Waals surface area contributed by atoms with Crippen molar-refractivity contribution in [3.05, 3.63) is 42.0 Å². The minimum Gasteiger partial charge on any atom is -0.496 e. The molecule has 0 aliphatic rings. The van der Waals surface area contributed by atoms with E-state index in [9.17, 15) is 5.11 Å². The largest absolute Gasteiger partial charge is 0.496 e. The number of benzene rings is 2. The van der Waals surface area contributed by atoms with Gasteiger partial charge >= 0.3 is 0 Å². The molecule has 104 valence electrons. The summed E-state index contributed by atoms with van der Waals surface area (Å²) in [6.07, 6.45) is 6.25. The van der Waals surface area contributed by atoms with Crippen molar-refractivity contribution in [2.75, 3.05) is 7.11 Å². The number of aliphatic hydroxyl groups is 1. The maximum atomic E-state index is 10.5. The zero-order valence-electron chi connectivity index (χ0n) is 12.2. The molecule has 0 aliphatic carbocycles. The van der Waals surface area contributed by atoms with Crippen LogP contribution in [0.5, 0.6) is 5.75 Å². The van der Waals surface area contributed by atoms with Gasteiger partial charge in [0.05, 0.1) is 7.11 Å². The Kier molecular flexibility index (Phi) is 4.01. The van der Waals surface area contributed by atoms with Gasteiger partial charge < -0.3 is 9.84 Å². The lowest BCUT2D eigenvalue weighted by Gasteiger charge is -2.30. The van der Waals surface area contributed by atoms with Crippen molar-refractivity contribution < 1.29 is 9.84 Å². The second-order valence-electron chi connectivity index (χ2n) is 5.16. The Bertz CT molecular complexity index is 650. The Morgan fingerprint density at radius 1 is 1.30 bits per heavy atom. The zero-order chi connectivity index (χ0) is 14.8. The number of fused-ring (bicyclic) bond motifs is 1. The molecule has 2 nitrogen and oxygen atoms in total. The number of methoxy groups -OCH3 is 1. The van der Waals surface area contributed by atoms with Crippen LogP contribution in [0.3, 0.4) is 0 Å². The molecule has 0 aliphatic heterocycles. The van der Waals surface area contributed by atoms with Crippen LogP contribution in [-0.4, -0.2) is 17.8 Å². The van der Waals surface area contributed by atoms with Crippen LogP contribution in [0.2, 0.25) is 0 Å². The summed E-state index contributed by atoms with van der Waals surface area (Å²) in [5.74, 6) is 3.10. The highest BCUT2D eigenvalue weighted by Gasteiger charge is 2.33. The van der Waals surface area contributed by atoms with Gasteiger partial charge in [-0.05, 0) is 30.2 Å². The smallest absolute Gasteiger partial charge is 0.129 e. The second kappa shape index (κ2) is 5.56. The number of hydrogen-bond donors (Lipinski definition) is 1. The molecule has 1 N–H and O–H groups in total. The minimum absolute atomic E-state index is 0.173. The fourth-order valence-electron chi connectivity index (χ4n) is 2.80. The van der Waals surface area contributed by atoms with Gasteiger partial charge in [-0.2, -0.15) is 0 Å². The Labute approximate surface area is 120 Å². The summed E-state index contributed by atoms with van der Waals surface area (Å²) in [6, 6.07) is 12.0. The topological polar surface area (TPSA) is 29.5 Å². The van der Waals surface area contributed by atoms with E-state index in [0.717, 1.165) is 28.5 Å². The highest BCUT2D eigenvalue weighted by Crippen LogP contribution is 2.41. The quantitative estimate of drug-likeness (QED) is 0.856. The van der Waals surface area contributed by atoms with Gasteiger partial charge in [-0.1, -0.05) is 43.2 Å². The molecular formula is C18H20O2. The number of ether oxygens (including phenoxy) is 1. The lowest BCUT2D eigenvalue weighted by atomic mass is 9.79. The van der Waals surface area contributed by atoms with Gasteiger partial charge in [-0.25, -0.2) is 0 Å². The van der Waals surface area contributed by atoms with Crippen LogP contribution in [0.1, 0.15) is 31.7 Å². The predicted molar refractivity (Wildman–Crippen MR) is 83.0 cm³/mol. The fraction of sp³-hybridized carbons (Fsp3) is 0.333. The number of hydrogen-bond acceptors (Lipinski definition) is 2. The lowest BCUT2D eigenvalue weighted by molar-refractivity contribution is 0.0879. The lowest BCUT2D eigenvalue weighted by Crippen LogP contribution is -2.31. The molecule has 0 radical (unpaired) electrons. The van der Waals surface area contributed by atoms with Crippen molar-refractivity contribution in [1.82, 2.24) is 0 Å². The monoisotopic (exact) mass is 268 g/mol. The van der Waals surface area contributed by atoms with Crippen LogP contribution in [0.25, 0.3) is 10.8 Å². The molecule has 0 bridgehead atoms. The third-order valence-electron chi connectivity index (χ3n) is 3.88. The van der Waals surface area contributed by atoms with Crippen molar-refractivity contribution >= 4 is 10.8 Å². The first-order chi connectivity index (χ1) is 9.55. The molecule has 20 heavy (non-hydrogen) atoms. The van der Waals surface area contributed by atoms with E-state index in [1.165, 1.54) is 0 Å². The first kappa shape index (κ1) is 14.4. The van der Waals surface area contributed by atoms with Gasteiger partial charge in [0.1, 0.15) is 11.4 Å². The summed E-state index contributed by atoms with van der Waals surface area (Å²) < 4.78 is 5.50. The van der Waals surface area contributed by atoms with Crippen LogP contribution < -0.4 is 4.74 Å². The molecule has 2 heteroatoms. The fourth-order valence-corrected chi connectivity index (χ4v) is 2.80. The van der Waals surface area contributed by atoms with Gasteiger partial charge in [0.2, 0.25) is 0 Å². The van der Waals surface area contributed by atoms with Crippen molar-refractivity contribution in [3.8, 4) is 18.1 Å². The third-order valence-corrected chi connectivity index (χ3v) is 3.88. The van der Waals surface area contributed by atoms with Gasteiger partial charge in [-0.3, -0.25) is 0 Å². The van der Waals surface area contributed by atoms with E-state index < -0.39 is 5.60 Å². The Balaban J connectivity index is 2.76. The van der Waals surface area contributed by atoms with Gasteiger partial charge in [-0.15, -0.1) is 6.42 Å². The predicted octanol–water partition coefficient (Wildman–Crippen LogP) is 3.73. The summed E-state index contributed by atoms with van der Waals surface area (Å²) in [5, 5.41) is 12.7. The molecule has 2 atom stereocenters. The highest BCUT2D eigenvalue weighted by molar-refractivity contribution is 5.88. The van der Waals surface area contributed by atoms with Gasteiger partial charge in [0.15, 0.2) is 0 Å². The molecule has 2 aromatic rings. The second-order valence-corrected chi connectivity index (χ2v) is 5.16. The van der Waals surface area contributed by atoms with Crippen molar-refractivity contribution in [2.24, 2.45) is 0 Å². The molecule has 0 spiro atoms. The van der Waals surface area contributed by atoms with Crippen molar-refractivity contribution in [1.29, 1.82) is 0 Å². The normalized spacial score (nSPS) is 15.3. The van der Waals surface area contributed by atoms with Crippen LogP contribution in [0.15, 0.2) is 36.4 Å². The maximum absolute atomic E-state index is 10.5. The summed E-state index contributed by atoms with van der Waals surface area (Å²) in [4.78, 5) is 0. The summed E-state index contributed by atoms with van der Waals surface area (Å²) >= 11 is 0. The first-order valence-electron chi connectivity index (χ1n) is 6.81. The van der Waals surface area contributed by atoms with E-state index in [1.807, 2.05) is 37.3 Å². The molecule has 2 rings (SSSR count). The van der Waals surface area contributed by atoms with Crippen LogP contribution in [0, 0.1) is 12.3 Å². The van der Waals surface area contributed by atoms with Crippen LogP contribution >= 0.6 is 0 Å². The average Bonchev–Trinajstić information content (AvgIpc) is 2.48. The maximum Gasteiger partial charge on any atom is 0.129 e. The summed E-state index contributed by atoms with van der Waals surface area (Å²) in [5.41, 5.74) is -0.220. The third kappa shape index (κ3) is 2.37. The SMILES string of the molecule is C#CC(C)(O)C(CC)c1c(OC)ccc2ccccc12. The molecule has 0 saturated heterocycles. The molecule has 2 aromatic carbocycles. The molecule has 0 fully saturated rings. The summed E-state index contributed by atoms with van der Waals surface area (Å²) in [7, 11) is 1.64. The molecule has 0 heterocycles. The van der Waals surface area contributed by atoms with Crippen LogP contribution in [0.4, 0.5) is 0 Å². The van der Waals surface area contributed by atoms with E-state index in [1.54, 1.807) is 14.0 Å². The average molecular weight is 268 g/mol. The molecule has 0 saturated carbocycles. The molecular weight excluding hydrogens is 248 g/mol. The van der Waals surface area contributed by atoms with Crippen molar-refractivity contribution in [2.45, 2.75) is 31.8 Å². The standard InChI is InChI=1S/C18H20O2/c1-5-15(18(3,19)6-2)17-14-10-8-7-9-13(14)11-12-16(17)20-4/h2,7-12,15,19H,5H2,1,3-4H3. The zero-order valence-corrected chi connectivity index (χ0v) is 12.2. The Morgan fingerprint density at radius 3 is 2.60 bits per heavy atom. The minimum atomic E-state index is -1.20. The van der Waals surface area contributed by atoms with E-state index >= 15 is 0 Å². The van der Waals surface area contributed by atoms with Crippen molar-refractivity contribution in [3.63, 3.8) is 0 Å². The molecule has 2 unspecified atom stereocenters. The molecule has 0 aromatic heterocycles. The number of terminal acetylenes is 1. The Morgan fingerprint density at radius 2 is 2.00 bits per heavy atom.